The van der Waals surface area contributed by atoms with Crippen molar-refractivity contribution in [2.45, 2.75) is 29.4 Å². The first kappa shape index (κ1) is 21.0. The summed E-state index contributed by atoms with van der Waals surface area (Å²) in [7, 11) is -3.84. The van der Waals surface area contributed by atoms with Crippen molar-refractivity contribution in [3.63, 3.8) is 0 Å². The van der Waals surface area contributed by atoms with Gasteiger partial charge in [0.15, 0.2) is 15.6 Å². The Morgan fingerprint density at radius 3 is 2.23 bits per heavy atom. The Morgan fingerprint density at radius 2 is 1.58 bits per heavy atom. The number of benzene rings is 3. The fourth-order valence-electron chi connectivity index (χ4n) is 4.02. The minimum atomic E-state index is -3.84. The number of ketones is 2. The van der Waals surface area contributed by atoms with E-state index in [1.54, 1.807) is 36.4 Å². The Hall–Kier alpha value is -3.25. The largest absolute Gasteiger partial charge is 0.486 e. The lowest BCUT2D eigenvalue weighted by Crippen LogP contribution is -2.18. The van der Waals surface area contributed by atoms with Crippen LogP contribution in [0, 0.1) is 0 Å². The highest BCUT2D eigenvalue weighted by molar-refractivity contribution is 7.91. The molecule has 1 aliphatic rings. The maximum absolute atomic E-state index is 13.5. The summed E-state index contributed by atoms with van der Waals surface area (Å²) in [6, 6.07) is 22.6. The van der Waals surface area contributed by atoms with Gasteiger partial charge >= 0.3 is 0 Å². The van der Waals surface area contributed by atoms with Gasteiger partial charge in [-0.05, 0) is 42.3 Å². The number of hydrogen-bond acceptors (Lipinski definition) is 5. The second-order valence-corrected chi connectivity index (χ2v) is 9.76. The summed E-state index contributed by atoms with van der Waals surface area (Å²) in [6.45, 7) is 1.34. The van der Waals surface area contributed by atoms with E-state index in [4.69, 9.17) is 4.74 Å². The lowest BCUT2D eigenvalue weighted by Gasteiger charge is -2.21. The maximum atomic E-state index is 13.5. The zero-order chi connectivity index (χ0) is 22.0. The molecule has 0 aliphatic carbocycles. The Kier molecular flexibility index (Phi) is 5.74. The van der Waals surface area contributed by atoms with Gasteiger partial charge < -0.3 is 4.74 Å². The molecule has 1 aliphatic heterocycles. The zero-order valence-corrected chi connectivity index (χ0v) is 17.8. The van der Waals surface area contributed by atoms with E-state index in [-0.39, 0.29) is 29.5 Å². The maximum Gasteiger partial charge on any atom is 0.185 e. The molecule has 3 aromatic rings. The predicted octanol–water partition coefficient (Wildman–Crippen LogP) is 4.27. The van der Waals surface area contributed by atoms with Crippen molar-refractivity contribution in [2.75, 3.05) is 6.61 Å². The van der Waals surface area contributed by atoms with Crippen LogP contribution in [0.25, 0.3) is 0 Å². The minimum absolute atomic E-state index is 0.0563. The smallest absolute Gasteiger partial charge is 0.185 e. The topological polar surface area (TPSA) is 77.5 Å². The Labute approximate surface area is 181 Å². The van der Waals surface area contributed by atoms with Crippen molar-refractivity contribution in [1.82, 2.24) is 0 Å². The lowest BCUT2D eigenvalue weighted by atomic mass is 9.87. The van der Waals surface area contributed by atoms with Gasteiger partial charge in [0.1, 0.15) is 23.4 Å². The molecule has 0 spiro atoms. The third-order valence-electron chi connectivity index (χ3n) is 5.50. The van der Waals surface area contributed by atoms with Gasteiger partial charge in [-0.3, -0.25) is 9.59 Å². The summed E-state index contributed by atoms with van der Waals surface area (Å²) in [5, 5.41) is -1.08. The number of carbonyl (C=O) groups is 2. The normalized spacial score (nSPS) is 17.2. The lowest BCUT2D eigenvalue weighted by molar-refractivity contribution is -0.120. The van der Waals surface area contributed by atoms with Crippen LogP contribution in [0.3, 0.4) is 0 Å². The summed E-state index contributed by atoms with van der Waals surface area (Å²) in [4.78, 5) is 25.0. The van der Waals surface area contributed by atoms with Gasteiger partial charge in [-0.1, -0.05) is 54.6 Å². The van der Waals surface area contributed by atoms with E-state index in [0.29, 0.717) is 16.9 Å². The van der Waals surface area contributed by atoms with Crippen LogP contribution in [0.5, 0.6) is 5.75 Å². The summed E-state index contributed by atoms with van der Waals surface area (Å²) < 4.78 is 32.5. The third-order valence-corrected chi connectivity index (χ3v) is 7.60. The molecule has 0 bridgehead atoms. The van der Waals surface area contributed by atoms with Gasteiger partial charge in [-0.25, -0.2) is 8.42 Å². The fourth-order valence-corrected chi connectivity index (χ4v) is 5.81. The molecule has 0 fully saturated rings. The van der Waals surface area contributed by atoms with Crippen molar-refractivity contribution in [2.24, 2.45) is 0 Å². The van der Waals surface area contributed by atoms with Gasteiger partial charge in [0.25, 0.3) is 0 Å². The predicted molar refractivity (Wildman–Crippen MR) is 117 cm³/mol. The number of ether oxygens (including phenoxy) is 1. The van der Waals surface area contributed by atoms with Gasteiger partial charge in [0.2, 0.25) is 0 Å². The molecule has 0 saturated carbocycles. The number of sulfone groups is 1. The Bertz CT molecular complexity index is 1220. The van der Waals surface area contributed by atoms with Gasteiger partial charge in [0, 0.05) is 12.0 Å². The van der Waals surface area contributed by atoms with Crippen molar-refractivity contribution in [3.05, 3.63) is 95.6 Å². The highest BCUT2D eigenvalue weighted by Crippen LogP contribution is 2.41. The molecule has 0 aromatic heterocycles. The molecule has 0 N–H and O–H groups in total. The molecule has 31 heavy (non-hydrogen) atoms. The quantitative estimate of drug-likeness (QED) is 0.599. The van der Waals surface area contributed by atoms with Crippen LogP contribution in [0.2, 0.25) is 0 Å². The van der Waals surface area contributed by atoms with Crippen LogP contribution in [0.15, 0.2) is 83.8 Å². The molecule has 0 amide bonds. The standard InChI is InChI=1S/C25H22O5S/c1-17(26)25(18-8-4-2-5-9-18)19-12-13-23-22(14-19)24(15-20(27)16-30-23)31(28,29)21-10-6-3-7-11-21/h2-14,24-25H,15-16H2,1H3. The second kappa shape index (κ2) is 8.47. The van der Waals surface area contributed by atoms with E-state index in [1.165, 1.54) is 19.1 Å². The average molecular weight is 435 g/mol. The summed E-state index contributed by atoms with van der Waals surface area (Å²) in [5.41, 5.74) is 1.90. The molecular formula is C25H22O5S. The molecule has 1 heterocycles. The van der Waals surface area contributed by atoms with E-state index in [1.807, 2.05) is 30.3 Å². The van der Waals surface area contributed by atoms with E-state index >= 15 is 0 Å². The van der Waals surface area contributed by atoms with E-state index in [2.05, 4.69) is 0 Å². The summed E-state index contributed by atoms with van der Waals surface area (Å²) in [5.74, 6) is -0.521. The van der Waals surface area contributed by atoms with Crippen molar-refractivity contribution >= 4 is 21.4 Å². The van der Waals surface area contributed by atoms with Gasteiger partial charge in [-0.15, -0.1) is 0 Å². The second-order valence-electron chi connectivity index (χ2n) is 7.63. The molecule has 0 saturated heterocycles. The van der Waals surface area contributed by atoms with Crippen LogP contribution in [-0.4, -0.2) is 26.6 Å². The average Bonchev–Trinajstić information content (AvgIpc) is 2.94. The first-order valence-electron chi connectivity index (χ1n) is 10.0. The van der Waals surface area contributed by atoms with E-state index < -0.39 is 21.0 Å². The van der Waals surface area contributed by atoms with E-state index in [9.17, 15) is 18.0 Å². The van der Waals surface area contributed by atoms with Crippen LogP contribution in [-0.2, 0) is 19.4 Å². The number of fused-ring (bicyclic) bond motifs is 1. The Balaban J connectivity index is 1.87. The number of rotatable bonds is 5. The van der Waals surface area contributed by atoms with Crippen molar-refractivity contribution in [3.8, 4) is 5.75 Å². The first-order chi connectivity index (χ1) is 14.9. The van der Waals surface area contributed by atoms with Crippen molar-refractivity contribution in [1.29, 1.82) is 0 Å². The Morgan fingerprint density at radius 1 is 0.935 bits per heavy atom. The number of hydrogen-bond donors (Lipinski definition) is 0. The van der Waals surface area contributed by atoms with Crippen molar-refractivity contribution < 1.29 is 22.7 Å². The third kappa shape index (κ3) is 4.16. The molecular weight excluding hydrogens is 412 g/mol. The highest BCUT2D eigenvalue weighted by atomic mass is 32.2. The number of carbonyl (C=O) groups excluding carboxylic acids is 2. The molecule has 6 heteroatoms. The molecule has 5 nitrogen and oxygen atoms in total. The molecule has 0 radical (unpaired) electrons. The monoisotopic (exact) mass is 434 g/mol. The van der Waals surface area contributed by atoms with Crippen LogP contribution in [0.4, 0.5) is 0 Å². The molecule has 4 rings (SSSR count). The molecule has 158 valence electrons. The fraction of sp³-hybridized carbons (Fsp3) is 0.200. The highest BCUT2D eigenvalue weighted by Gasteiger charge is 2.36. The first-order valence-corrected chi connectivity index (χ1v) is 11.5. The SMILES string of the molecule is CC(=O)C(c1ccccc1)c1ccc2c(c1)C(S(=O)(=O)c1ccccc1)CC(=O)CO2. The van der Waals surface area contributed by atoms with Gasteiger partial charge in [-0.2, -0.15) is 0 Å². The zero-order valence-electron chi connectivity index (χ0n) is 17.0. The number of Topliss-reactive ketones (excluding diaryl/α,β-unsaturated/α-hetero) is 2. The molecule has 3 aromatic carbocycles. The van der Waals surface area contributed by atoms with Crippen LogP contribution >= 0.6 is 0 Å². The van der Waals surface area contributed by atoms with E-state index in [0.717, 1.165) is 5.56 Å². The van der Waals surface area contributed by atoms with Crippen LogP contribution in [0.1, 0.15) is 41.2 Å². The molecule has 2 unspecified atom stereocenters. The van der Waals surface area contributed by atoms with Gasteiger partial charge in [0.05, 0.1) is 10.8 Å². The van der Waals surface area contributed by atoms with Crippen LogP contribution < -0.4 is 4.74 Å². The minimum Gasteiger partial charge on any atom is -0.486 e. The summed E-state index contributed by atoms with van der Waals surface area (Å²) >= 11 is 0. The summed E-state index contributed by atoms with van der Waals surface area (Å²) in [6.07, 6.45) is -0.177. The molecule has 2 atom stereocenters.